The number of hydrogen-bond acceptors (Lipinski definition) is 5. The molecule has 2 aromatic carbocycles. The van der Waals surface area contributed by atoms with Gasteiger partial charge in [0.15, 0.2) is 0 Å². The average molecular weight is 461 g/mol. The van der Waals surface area contributed by atoms with E-state index in [1.54, 1.807) is 73.1 Å². The summed E-state index contributed by atoms with van der Waals surface area (Å²) >= 11 is 6.21. The molecule has 1 saturated heterocycles. The molecule has 1 aliphatic heterocycles. The monoisotopic (exact) mass is 460 g/mol. The average Bonchev–Trinajstić information content (AvgIpc) is 3.08. The number of benzene rings is 2. The number of carbonyl (C=O) groups excluding carboxylic acids is 2. The normalized spacial score (nSPS) is 17.2. The lowest BCUT2D eigenvalue weighted by Crippen LogP contribution is -2.29. The van der Waals surface area contributed by atoms with Crippen molar-refractivity contribution in [2.24, 2.45) is 0 Å². The number of hydrogen-bond donors (Lipinski definition) is 1. The van der Waals surface area contributed by atoms with E-state index in [-0.39, 0.29) is 17.9 Å². The number of ketones is 1. The third-order valence-electron chi connectivity index (χ3n) is 5.28. The molecule has 2 heterocycles. The first-order valence-corrected chi connectivity index (χ1v) is 10.6. The highest BCUT2D eigenvalue weighted by atomic mass is 35.5. The first-order chi connectivity index (χ1) is 16.0. The molecule has 1 amide bonds. The van der Waals surface area contributed by atoms with Crippen LogP contribution in [0.3, 0.4) is 0 Å². The van der Waals surface area contributed by atoms with Crippen molar-refractivity contribution >= 4 is 29.1 Å². The molecule has 0 bridgehead atoms. The molecule has 0 unspecified atom stereocenters. The van der Waals surface area contributed by atoms with E-state index in [1.807, 2.05) is 6.07 Å². The molecular formula is C26H21ClN2O4. The van der Waals surface area contributed by atoms with E-state index in [4.69, 9.17) is 16.3 Å². The molecule has 166 valence electrons. The maximum Gasteiger partial charge on any atom is 0.295 e. The van der Waals surface area contributed by atoms with E-state index in [0.29, 0.717) is 28.5 Å². The number of aliphatic hydroxyl groups is 1. The molecule has 1 atom stereocenters. The first kappa shape index (κ1) is 22.3. The Morgan fingerprint density at radius 2 is 1.94 bits per heavy atom. The summed E-state index contributed by atoms with van der Waals surface area (Å²) in [7, 11) is 0. The Balaban J connectivity index is 1.79. The summed E-state index contributed by atoms with van der Waals surface area (Å²) in [4.78, 5) is 31.7. The Bertz CT molecular complexity index is 1220. The van der Waals surface area contributed by atoms with E-state index in [2.05, 4.69) is 11.6 Å². The van der Waals surface area contributed by atoms with Crippen LogP contribution in [-0.2, 0) is 16.1 Å². The number of pyridine rings is 1. The zero-order valence-corrected chi connectivity index (χ0v) is 18.4. The van der Waals surface area contributed by atoms with E-state index >= 15 is 0 Å². The van der Waals surface area contributed by atoms with Gasteiger partial charge in [0.25, 0.3) is 11.7 Å². The molecule has 1 fully saturated rings. The van der Waals surface area contributed by atoms with Crippen LogP contribution in [0.5, 0.6) is 5.75 Å². The van der Waals surface area contributed by atoms with Gasteiger partial charge in [0.2, 0.25) is 0 Å². The zero-order valence-electron chi connectivity index (χ0n) is 17.6. The predicted molar refractivity (Wildman–Crippen MR) is 126 cm³/mol. The number of nitrogens with zero attached hydrogens (tertiary/aromatic N) is 2. The Morgan fingerprint density at radius 1 is 1.15 bits per heavy atom. The van der Waals surface area contributed by atoms with Gasteiger partial charge in [-0.2, -0.15) is 0 Å². The van der Waals surface area contributed by atoms with Gasteiger partial charge in [-0.15, -0.1) is 0 Å². The van der Waals surface area contributed by atoms with Crippen LogP contribution in [0.1, 0.15) is 22.7 Å². The highest BCUT2D eigenvalue weighted by Crippen LogP contribution is 2.40. The summed E-state index contributed by atoms with van der Waals surface area (Å²) in [6, 6.07) is 16.3. The molecule has 4 rings (SSSR count). The van der Waals surface area contributed by atoms with Gasteiger partial charge in [0.1, 0.15) is 18.1 Å². The van der Waals surface area contributed by atoms with Gasteiger partial charge >= 0.3 is 0 Å². The minimum Gasteiger partial charge on any atom is -0.507 e. The Hall–Kier alpha value is -3.90. The van der Waals surface area contributed by atoms with Crippen molar-refractivity contribution in [2.75, 3.05) is 6.61 Å². The molecule has 1 aliphatic rings. The van der Waals surface area contributed by atoms with Gasteiger partial charge in [0, 0.05) is 29.5 Å². The van der Waals surface area contributed by atoms with Crippen LogP contribution >= 0.6 is 11.6 Å². The number of carbonyl (C=O) groups is 2. The fourth-order valence-electron chi connectivity index (χ4n) is 3.77. The third kappa shape index (κ3) is 4.66. The SMILES string of the molecule is C=CCOc1ccc(/C(O)=C2\C(=O)C(=O)N(Cc3cccnc3)[C@H]2c2cccc(Cl)c2)cc1. The lowest BCUT2D eigenvalue weighted by Gasteiger charge is -2.25. The van der Waals surface area contributed by atoms with Crippen LogP contribution < -0.4 is 4.74 Å². The number of ether oxygens (including phenoxy) is 1. The molecule has 1 aromatic heterocycles. The highest BCUT2D eigenvalue weighted by molar-refractivity contribution is 6.46. The lowest BCUT2D eigenvalue weighted by molar-refractivity contribution is -0.140. The van der Waals surface area contributed by atoms with Gasteiger partial charge in [-0.05, 0) is 53.6 Å². The summed E-state index contributed by atoms with van der Waals surface area (Å²) < 4.78 is 5.48. The molecule has 0 radical (unpaired) electrons. The van der Waals surface area contributed by atoms with Crippen LogP contribution in [0, 0.1) is 0 Å². The molecule has 0 saturated carbocycles. The number of halogens is 1. The second-order valence-corrected chi connectivity index (χ2v) is 7.90. The maximum absolute atomic E-state index is 13.1. The van der Waals surface area contributed by atoms with Crippen molar-refractivity contribution in [3.8, 4) is 5.75 Å². The van der Waals surface area contributed by atoms with Crippen LogP contribution in [-0.4, -0.2) is 33.3 Å². The number of Topliss-reactive ketones (excluding diaryl/α,β-unsaturated/α-hetero) is 1. The van der Waals surface area contributed by atoms with Crippen molar-refractivity contribution in [1.82, 2.24) is 9.88 Å². The first-order valence-electron chi connectivity index (χ1n) is 10.3. The molecule has 3 aromatic rings. The third-order valence-corrected chi connectivity index (χ3v) is 5.51. The minimum atomic E-state index is -0.805. The van der Waals surface area contributed by atoms with E-state index < -0.39 is 17.7 Å². The molecule has 1 N–H and O–H groups in total. The van der Waals surface area contributed by atoms with Crippen molar-refractivity contribution in [1.29, 1.82) is 0 Å². The van der Waals surface area contributed by atoms with E-state index in [9.17, 15) is 14.7 Å². The molecular weight excluding hydrogens is 440 g/mol. The Morgan fingerprint density at radius 3 is 2.61 bits per heavy atom. The van der Waals surface area contributed by atoms with Gasteiger partial charge in [-0.1, -0.05) is 42.5 Å². The minimum absolute atomic E-state index is 0.00548. The van der Waals surface area contributed by atoms with E-state index in [0.717, 1.165) is 5.56 Å². The predicted octanol–water partition coefficient (Wildman–Crippen LogP) is 4.92. The summed E-state index contributed by atoms with van der Waals surface area (Å²) in [6.45, 7) is 4.11. The Kier molecular flexibility index (Phi) is 6.56. The van der Waals surface area contributed by atoms with Crippen molar-refractivity contribution < 1.29 is 19.4 Å². The zero-order chi connectivity index (χ0) is 23.4. The lowest BCUT2D eigenvalue weighted by atomic mass is 9.95. The molecule has 33 heavy (non-hydrogen) atoms. The molecule has 0 aliphatic carbocycles. The topological polar surface area (TPSA) is 79.7 Å². The summed E-state index contributed by atoms with van der Waals surface area (Å²) in [5, 5.41) is 11.6. The van der Waals surface area contributed by atoms with Gasteiger partial charge < -0.3 is 14.7 Å². The number of amides is 1. The van der Waals surface area contributed by atoms with Crippen LogP contribution in [0.2, 0.25) is 5.02 Å². The molecule has 7 heteroatoms. The Labute approximate surface area is 196 Å². The van der Waals surface area contributed by atoms with Crippen LogP contribution in [0.4, 0.5) is 0 Å². The fraction of sp³-hybridized carbons (Fsp3) is 0.115. The van der Waals surface area contributed by atoms with Gasteiger partial charge in [-0.25, -0.2) is 0 Å². The van der Waals surface area contributed by atoms with Gasteiger partial charge in [-0.3, -0.25) is 14.6 Å². The second-order valence-electron chi connectivity index (χ2n) is 7.47. The standard InChI is InChI=1S/C26H21ClN2O4/c1-2-13-33-21-10-8-18(9-11-21)24(30)22-23(19-6-3-7-20(27)14-19)29(26(32)25(22)31)16-17-5-4-12-28-15-17/h2-12,14-15,23,30H,1,13,16H2/b24-22+/t23-/m0/s1. The van der Waals surface area contributed by atoms with Crippen LogP contribution in [0.15, 0.2) is 91.3 Å². The number of rotatable bonds is 7. The number of aliphatic hydroxyl groups excluding tert-OH is 1. The maximum atomic E-state index is 13.1. The molecule has 6 nitrogen and oxygen atoms in total. The molecule has 0 spiro atoms. The fourth-order valence-corrected chi connectivity index (χ4v) is 3.97. The largest absolute Gasteiger partial charge is 0.507 e. The van der Waals surface area contributed by atoms with Crippen molar-refractivity contribution in [2.45, 2.75) is 12.6 Å². The number of aromatic nitrogens is 1. The second kappa shape index (κ2) is 9.71. The summed E-state index contributed by atoms with van der Waals surface area (Å²) in [6.07, 6.45) is 4.90. The smallest absolute Gasteiger partial charge is 0.295 e. The van der Waals surface area contributed by atoms with Gasteiger partial charge in [0.05, 0.1) is 11.6 Å². The van der Waals surface area contributed by atoms with Crippen molar-refractivity contribution in [3.05, 3.63) is 113 Å². The highest BCUT2D eigenvalue weighted by Gasteiger charge is 2.46. The van der Waals surface area contributed by atoms with Crippen LogP contribution in [0.25, 0.3) is 5.76 Å². The van der Waals surface area contributed by atoms with E-state index in [1.165, 1.54) is 4.90 Å². The quantitative estimate of drug-likeness (QED) is 0.234. The summed E-state index contributed by atoms with van der Waals surface area (Å²) in [5.41, 5.74) is 1.78. The summed E-state index contributed by atoms with van der Waals surface area (Å²) in [5.74, 6) is -1.12. The van der Waals surface area contributed by atoms with Crippen molar-refractivity contribution in [3.63, 3.8) is 0 Å². The number of likely N-dealkylation sites (tertiary alicyclic amines) is 1.